The van der Waals surface area contributed by atoms with Gasteiger partial charge in [-0.3, -0.25) is 14.6 Å². The Bertz CT molecular complexity index is 1180. The maximum Gasteiger partial charge on any atom is 0.254 e. The van der Waals surface area contributed by atoms with Gasteiger partial charge in [0.15, 0.2) is 5.16 Å². The van der Waals surface area contributed by atoms with Crippen LogP contribution < -0.4 is 10.2 Å². The van der Waals surface area contributed by atoms with Crippen LogP contribution in [0.25, 0.3) is 0 Å². The summed E-state index contributed by atoms with van der Waals surface area (Å²) in [7, 11) is 0. The lowest BCUT2D eigenvalue weighted by atomic mass is 10.1. The van der Waals surface area contributed by atoms with Gasteiger partial charge in [0.25, 0.3) is 5.91 Å². The van der Waals surface area contributed by atoms with Gasteiger partial charge in [-0.05, 0) is 43.7 Å². The number of nitrogens with zero attached hydrogens (tertiary/aromatic N) is 5. The molecule has 8 nitrogen and oxygen atoms in total. The fraction of sp³-hybridized carbons (Fsp3) is 0.320. The average molecular weight is 511 g/mol. The second-order valence-corrected chi connectivity index (χ2v) is 9.74. The third kappa shape index (κ3) is 6.70. The molecule has 0 bridgehead atoms. The summed E-state index contributed by atoms with van der Waals surface area (Å²) < 4.78 is 0. The van der Waals surface area contributed by atoms with Crippen LogP contribution in [0.4, 0.5) is 5.82 Å². The maximum absolute atomic E-state index is 13.0. The van der Waals surface area contributed by atoms with Crippen LogP contribution in [-0.4, -0.2) is 63.1 Å². The summed E-state index contributed by atoms with van der Waals surface area (Å²) in [5.74, 6) is 0.791. The smallest absolute Gasteiger partial charge is 0.254 e. The molecule has 0 spiro atoms. The highest BCUT2D eigenvalue weighted by Gasteiger charge is 2.29. The molecule has 0 aliphatic carbocycles. The van der Waals surface area contributed by atoms with Gasteiger partial charge in [-0.15, -0.1) is 0 Å². The number of aromatic nitrogens is 3. The molecule has 1 aliphatic rings. The third-order valence-electron chi connectivity index (χ3n) is 5.74. The van der Waals surface area contributed by atoms with Crippen LogP contribution in [0.3, 0.4) is 0 Å². The molecule has 2 amide bonds. The zero-order valence-corrected chi connectivity index (χ0v) is 21.2. The molecule has 35 heavy (non-hydrogen) atoms. The highest BCUT2D eigenvalue weighted by Crippen LogP contribution is 2.24. The molecule has 1 fully saturated rings. The van der Waals surface area contributed by atoms with Crippen molar-refractivity contribution in [2.75, 3.05) is 30.3 Å². The normalized spacial score (nSPS) is 15.7. The number of aryl methyl sites for hydroxylation is 1. The van der Waals surface area contributed by atoms with Gasteiger partial charge < -0.3 is 15.1 Å². The second kappa shape index (κ2) is 11.5. The van der Waals surface area contributed by atoms with Gasteiger partial charge in [0.2, 0.25) is 5.91 Å². The molecule has 10 heteroatoms. The summed E-state index contributed by atoms with van der Waals surface area (Å²) in [6, 6.07) is 13.1. The van der Waals surface area contributed by atoms with Crippen molar-refractivity contribution in [2.45, 2.75) is 31.6 Å². The van der Waals surface area contributed by atoms with Crippen molar-refractivity contribution >= 4 is 41.0 Å². The summed E-state index contributed by atoms with van der Waals surface area (Å²) in [5, 5.41) is 3.64. The molecule has 0 radical (unpaired) electrons. The van der Waals surface area contributed by atoms with Gasteiger partial charge in [0.05, 0.1) is 5.75 Å². The number of rotatable bonds is 7. The van der Waals surface area contributed by atoms with Gasteiger partial charge in [-0.2, -0.15) is 0 Å². The number of hydrogen-bond donors (Lipinski definition) is 1. The minimum absolute atomic E-state index is 0.00126. The first-order valence-electron chi connectivity index (χ1n) is 11.3. The standard InChI is InChI=1S/C25H27ClN6O2S/c1-17-3-5-20(6-4-17)24(34)32-12-11-31(15-18(32)2)22-13-21(26)29-25(30-22)35-16-23(33)28-14-19-7-9-27-10-8-19/h3-10,13,18H,11-12,14-16H2,1-2H3,(H,28,33). The average Bonchev–Trinajstić information content (AvgIpc) is 2.86. The third-order valence-corrected chi connectivity index (χ3v) is 6.78. The van der Waals surface area contributed by atoms with Gasteiger partial charge in [0.1, 0.15) is 11.0 Å². The molecule has 182 valence electrons. The first kappa shape index (κ1) is 24.9. The van der Waals surface area contributed by atoms with E-state index in [-0.39, 0.29) is 23.6 Å². The Kier molecular flexibility index (Phi) is 8.20. The number of piperazine rings is 1. The van der Waals surface area contributed by atoms with Crippen LogP contribution in [-0.2, 0) is 11.3 Å². The maximum atomic E-state index is 13.0. The number of pyridine rings is 1. The van der Waals surface area contributed by atoms with E-state index in [1.165, 1.54) is 11.8 Å². The SMILES string of the molecule is Cc1ccc(C(=O)N2CCN(c3cc(Cl)nc(SCC(=O)NCc4ccncc4)n3)CC2C)cc1. The minimum atomic E-state index is -0.117. The van der Waals surface area contributed by atoms with Crippen molar-refractivity contribution in [3.8, 4) is 0 Å². The first-order valence-corrected chi connectivity index (χ1v) is 12.7. The summed E-state index contributed by atoms with van der Waals surface area (Å²) in [6.45, 7) is 6.31. The quantitative estimate of drug-likeness (QED) is 0.295. The predicted molar refractivity (Wildman–Crippen MR) is 138 cm³/mol. The minimum Gasteiger partial charge on any atom is -0.353 e. The number of hydrogen-bond acceptors (Lipinski definition) is 7. The summed E-state index contributed by atoms with van der Waals surface area (Å²) in [6.07, 6.45) is 3.38. The van der Waals surface area contributed by atoms with Crippen LogP contribution in [0.5, 0.6) is 0 Å². The van der Waals surface area contributed by atoms with Crippen molar-refractivity contribution in [3.63, 3.8) is 0 Å². The summed E-state index contributed by atoms with van der Waals surface area (Å²) in [4.78, 5) is 42.1. The number of anilines is 1. The summed E-state index contributed by atoms with van der Waals surface area (Å²) in [5.41, 5.74) is 2.80. The van der Waals surface area contributed by atoms with Crippen molar-refractivity contribution < 1.29 is 9.59 Å². The van der Waals surface area contributed by atoms with Gasteiger partial charge >= 0.3 is 0 Å². The lowest BCUT2D eigenvalue weighted by Crippen LogP contribution is -2.54. The molecule has 1 saturated heterocycles. The number of halogens is 1. The molecule has 1 aromatic carbocycles. The molecule has 3 heterocycles. The molecule has 2 aromatic heterocycles. The largest absolute Gasteiger partial charge is 0.353 e. The van der Waals surface area contributed by atoms with Crippen molar-refractivity contribution in [3.05, 3.63) is 76.7 Å². The van der Waals surface area contributed by atoms with Crippen molar-refractivity contribution in [1.82, 2.24) is 25.2 Å². The lowest BCUT2D eigenvalue weighted by molar-refractivity contribution is -0.118. The number of amides is 2. The lowest BCUT2D eigenvalue weighted by Gasteiger charge is -2.40. The monoisotopic (exact) mass is 510 g/mol. The fourth-order valence-electron chi connectivity index (χ4n) is 3.82. The van der Waals surface area contributed by atoms with E-state index >= 15 is 0 Å². The second-order valence-electron chi connectivity index (χ2n) is 8.41. The Balaban J connectivity index is 1.34. The van der Waals surface area contributed by atoms with Gasteiger partial charge in [0, 0.05) is 56.2 Å². The number of nitrogens with one attached hydrogen (secondary N) is 1. The van der Waals surface area contributed by atoms with Crippen molar-refractivity contribution in [2.24, 2.45) is 0 Å². The predicted octanol–water partition coefficient (Wildman–Crippen LogP) is 3.59. The number of carbonyl (C=O) groups is 2. The molecule has 1 unspecified atom stereocenters. The number of carbonyl (C=O) groups excluding carboxylic acids is 2. The molecule has 3 aromatic rings. The topological polar surface area (TPSA) is 91.3 Å². The molecule has 0 saturated carbocycles. The highest BCUT2D eigenvalue weighted by molar-refractivity contribution is 7.99. The Morgan fingerprint density at radius 3 is 2.57 bits per heavy atom. The molecule has 1 aliphatic heterocycles. The molecular weight excluding hydrogens is 484 g/mol. The van der Waals surface area contributed by atoms with E-state index in [4.69, 9.17) is 11.6 Å². The summed E-state index contributed by atoms with van der Waals surface area (Å²) >= 11 is 7.51. The van der Waals surface area contributed by atoms with E-state index in [2.05, 4.69) is 25.2 Å². The first-order chi connectivity index (χ1) is 16.9. The van der Waals surface area contributed by atoms with Crippen LogP contribution >= 0.6 is 23.4 Å². The molecular formula is C25H27ClN6O2S. The van der Waals surface area contributed by atoms with E-state index < -0.39 is 0 Å². The molecule has 1 N–H and O–H groups in total. The fourth-order valence-corrected chi connectivity index (χ4v) is 4.73. The molecule has 4 rings (SSSR count). The van der Waals surface area contributed by atoms with Crippen LogP contribution in [0.15, 0.2) is 60.0 Å². The van der Waals surface area contributed by atoms with E-state index in [1.54, 1.807) is 18.5 Å². The van der Waals surface area contributed by atoms with E-state index in [0.717, 1.165) is 11.1 Å². The van der Waals surface area contributed by atoms with E-state index in [0.29, 0.717) is 47.9 Å². The van der Waals surface area contributed by atoms with E-state index in [1.807, 2.05) is 55.1 Å². The van der Waals surface area contributed by atoms with E-state index in [9.17, 15) is 9.59 Å². The van der Waals surface area contributed by atoms with Crippen molar-refractivity contribution in [1.29, 1.82) is 0 Å². The Hall–Kier alpha value is -3.17. The number of thioether (sulfide) groups is 1. The highest BCUT2D eigenvalue weighted by atomic mass is 35.5. The number of benzene rings is 1. The van der Waals surface area contributed by atoms with Gasteiger partial charge in [-0.1, -0.05) is 41.1 Å². The van der Waals surface area contributed by atoms with Crippen LogP contribution in [0, 0.1) is 6.92 Å². The van der Waals surface area contributed by atoms with Crippen LogP contribution in [0.2, 0.25) is 5.15 Å². The van der Waals surface area contributed by atoms with Crippen LogP contribution in [0.1, 0.15) is 28.4 Å². The zero-order chi connectivity index (χ0) is 24.8. The zero-order valence-electron chi connectivity index (χ0n) is 19.6. The molecule has 1 atom stereocenters. The Morgan fingerprint density at radius 1 is 1.11 bits per heavy atom. The Labute approximate surface area is 214 Å². The van der Waals surface area contributed by atoms with Gasteiger partial charge in [-0.25, -0.2) is 9.97 Å². The Morgan fingerprint density at radius 2 is 1.86 bits per heavy atom.